The first kappa shape index (κ1) is 14.5. The zero-order valence-corrected chi connectivity index (χ0v) is 12.5. The molecule has 1 aromatic heterocycles. The van der Waals surface area contributed by atoms with Crippen molar-refractivity contribution in [3.05, 3.63) is 17.5 Å². The number of aliphatic hydroxyl groups is 1. The molecule has 0 saturated carbocycles. The zero-order valence-electron chi connectivity index (χ0n) is 12.5. The normalized spacial score (nSPS) is 19.8. The maximum atomic E-state index is 10.8. The fraction of sp³-hybridized carbons (Fsp3) is 0.800. The van der Waals surface area contributed by atoms with Crippen molar-refractivity contribution in [1.82, 2.24) is 14.7 Å². The Morgan fingerprint density at radius 1 is 1.32 bits per heavy atom. The fourth-order valence-electron chi connectivity index (χ4n) is 3.04. The highest BCUT2D eigenvalue weighted by Gasteiger charge is 2.33. The van der Waals surface area contributed by atoms with Crippen LogP contribution in [0.1, 0.15) is 44.5 Å². The molecule has 1 aliphatic rings. The molecule has 1 N–H and O–H groups in total. The van der Waals surface area contributed by atoms with E-state index in [4.69, 9.17) is 0 Å². The van der Waals surface area contributed by atoms with Gasteiger partial charge in [-0.25, -0.2) is 0 Å². The second kappa shape index (κ2) is 6.06. The Bertz CT molecular complexity index is 406. The smallest absolute Gasteiger partial charge is 0.0727 e. The van der Waals surface area contributed by atoms with E-state index in [-0.39, 0.29) is 0 Å². The zero-order chi connectivity index (χ0) is 13.9. The standard InChI is InChI=1S/C15H27N3O/c1-4-8-17-9-6-15(19,7-10-17)12-14-11-13(3)16-18(14)5-2/h11,19H,4-10,12H2,1-3H3. The maximum absolute atomic E-state index is 10.8. The van der Waals surface area contributed by atoms with Gasteiger partial charge in [0.25, 0.3) is 0 Å². The summed E-state index contributed by atoms with van der Waals surface area (Å²) in [7, 11) is 0. The average Bonchev–Trinajstić information content (AvgIpc) is 2.72. The van der Waals surface area contributed by atoms with Crippen LogP contribution in [0.15, 0.2) is 6.07 Å². The van der Waals surface area contributed by atoms with E-state index in [2.05, 4.69) is 29.9 Å². The Labute approximate surface area is 116 Å². The van der Waals surface area contributed by atoms with Crippen LogP contribution in [0.25, 0.3) is 0 Å². The van der Waals surface area contributed by atoms with Crippen molar-refractivity contribution in [2.24, 2.45) is 0 Å². The van der Waals surface area contributed by atoms with Gasteiger partial charge >= 0.3 is 0 Å². The lowest BCUT2D eigenvalue weighted by molar-refractivity contribution is -0.0218. The molecule has 1 fully saturated rings. The molecule has 4 nitrogen and oxygen atoms in total. The lowest BCUT2D eigenvalue weighted by atomic mass is 9.87. The van der Waals surface area contributed by atoms with Gasteiger partial charge in [0, 0.05) is 31.7 Å². The van der Waals surface area contributed by atoms with Gasteiger partial charge < -0.3 is 10.0 Å². The van der Waals surface area contributed by atoms with Gasteiger partial charge in [-0.3, -0.25) is 4.68 Å². The van der Waals surface area contributed by atoms with Crippen LogP contribution < -0.4 is 0 Å². The van der Waals surface area contributed by atoms with Gasteiger partial charge in [-0.2, -0.15) is 5.10 Å². The molecule has 19 heavy (non-hydrogen) atoms. The number of nitrogens with zero attached hydrogens (tertiary/aromatic N) is 3. The summed E-state index contributed by atoms with van der Waals surface area (Å²) < 4.78 is 2.02. The molecule has 0 spiro atoms. The van der Waals surface area contributed by atoms with Gasteiger partial charge in [0.1, 0.15) is 0 Å². The second-order valence-electron chi connectivity index (χ2n) is 5.84. The molecule has 1 aliphatic heterocycles. The second-order valence-corrected chi connectivity index (χ2v) is 5.84. The summed E-state index contributed by atoms with van der Waals surface area (Å²) in [6, 6.07) is 2.11. The minimum atomic E-state index is -0.538. The fourth-order valence-corrected chi connectivity index (χ4v) is 3.04. The van der Waals surface area contributed by atoms with Crippen LogP contribution in [-0.2, 0) is 13.0 Å². The summed E-state index contributed by atoms with van der Waals surface area (Å²) in [5.41, 5.74) is 1.68. The SMILES string of the molecule is CCCN1CCC(O)(Cc2cc(C)nn2CC)CC1. The third-order valence-corrected chi connectivity index (χ3v) is 4.12. The Hall–Kier alpha value is -0.870. The Kier molecular flexibility index (Phi) is 4.63. The molecule has 2 rings (SSSR count). The van der Waals surface area contributed by atoms with E-state index in [1.807, 2.05) is 11.6 Å². The minimum Gasteiger partial charge on any atom is -0.389 e. The lowest BCUT2D eigenvalue weighted by Crippen LogP contribution is -2.46. The number of hydrogen-bond donors (Lipinski definition) is 1. The quantitative estimate of drug-likeness (QED) is 0.885. The summed E-state index contributed by atoms with van der Waals surface area (Å²) in [5.74, 6) is 0. The van der Waals surface area contributed by atoms with Gasteiger partial charge in [-0.05, 0) is 45.7 Å². The van der Waals surface area contributed by atoms with Crippen molar-refractivity contribution >= 4 is 0 Å². The minimum absolute atomic E-state index is 0.538. The first-order valence-electron chi connectivity index (χ1n) is 7.54. The van der Waals surface area contributed by atoms with Crippen LogP contribution in [0.2, 0.25) is 0 Å². The van der Waals surface area contributed by atoms with Crippen molar-refractivity contribution in [3.63, 3.8) is 0 Å². The van der Waals surface area contributed by atoms with Crippen molar-refractivity contribution in [2.45, 2.75) is 58.6 Å². The highest BCUT2D eigenvalue weighted by atomic mass is 16.3. The number of hydrogen-bond acceptors (Lipinski definition) is 3. The van der Waals surface area contributed by atoms with Crippen LogP contribution in [0, 0.1) is 6.92 Å². The van der Waals surface area contributed by atoms with Crippen LogP contribution >= 0.6 is 0 Å². The molecule has 0 aromatic carbocycles. The molecule has 0 unspecified atom stereocenters. The largest absolute Gasteiger partial charge is 0.389 e. The van der Waals surface area contributed by atoms with Crippen molar-refractivity contribution in [1.29, 1.82) is 0 Å². The van der Waals surface area contributed by atoms with Crippen LogP contribution in [-0.4, -0.2) is 45.0 Å². The van der Waals surface area contributed by atoms with Crippen LogP contribution in [0.5, 0.6) is 0 Å². The summed E-state index contributed by atoms with van der Waals surface area (Å²) in [6.07, 6.45) is 3.68. The molecule has 0 radical (unpaired) electrons. The average molecular weight is 265 g/mol. The number of likely N-dealkylation sites (tertiary alicyclic amines) is 1. The molecule has 2 heterocycles. The molecular weight excluding hydrogens is 238 g/mol. The molecule has 1 saturated heterocycles. The number of aryl methyl sites for hydroxylation is 2. The molecule has 0 aliphatic carbocycles. The van der Waals surface area contributed by atoms with Crippen LogP contribution in [0.4, 0.5) is 0 Å². The Balaban J connectivity index is 1.98. The third-order valence-electron chi connectivity index (χ3n) is 4.12. The van der Waals surface area contributed by atoms with E-state index in [1.54, 1.807) is 0 Å². The van der Waals surface area contributed by atoms with Gasteiger partial charge in [0.2, 0.25) is 0 Å². The van der Waals surface area contributed by atoms with Crippen LogP contribution in [0.3, 0.4) is 0 Å². The van der Waals surface area contributed by atoms with Gasteiger partial charge in [0.15, 0.2) is 0 Å². The highest BCUT2D eigenvalue weighted by molar-refractivity contribution is 5.12. The highest BCUT2D eigenvalue weighted by Crippen LogP contribution is 2.26. The summed E-state index contributed by atoms with van der Waals surface area (Å²) >= 11 is 0. The Morgan fingerprint density at radius 2 is 2.00 bits per heavy atom. The molecule has 4 heteroatoms. The van der Waals surface area contributed by atoms with E-state index >= 15 is 0 Å². The lowest BCUT2D eigenvalue weighted by Gasteiger charge is -2.38. The summed E-state index contributed by atoms with van der Waals surface area (Å²) in [4.78, 5) is 2.46. The maximum Gasteiger partial charge on any atom is 0.0727 e. The van der Waals surface area contributed by atoms with E-state index in [0.717, 1.165) is 51.1 Å². The Morgan fingerprint density at radius 3 is 2.58 bits per heavy atom. The van der Waals surface area contributed by atoms with Gasteiger partial charge in [-0.15, -0.1) is 0 Å². The van der Waals surface area contributed by atoms with E-state index in [1.165, 1.54) is 12.1 Å². The monoisotopic (exact) mass is 265 g/mol. The van der Waals surface area contributed by atoms with E-state index in [0.29, 0.717) is 0 Å². The first-order chi connectivity index (χ1) is 9.06. The van der Waals surface area contributed by atoms with Crippen molar-refractivity contribution in [3.8, 4) is 0 Å². The van der Waals surface area contributed by atoms with E-state index < -0.39 is 5.60 Å². The molecule has 0 bridgehead atoms. The molecule has 0 atom stereocenters. The topological polar surface area (TPSA) is 41.3 Å². The number of piperidine rings is 1. The molecule has 1 aromatic rings. The first-order valence-corrected chi connectivity index (χ1v) is 7.54. The summed E-state index contributed by atoms with van der Waals surface area (Å²) in [5, 5.41) is 15.2. The predicted octanol–water partition coefficient (Wildman–Crippen LogP) is 1.99. The molecule has 108 valence electrons. The van der Waals surface area contributed by atoms with Crippen molar-refractivity contribution in [2.75, 3.05) is 19.6 Å². The number of aromatic nitrogens is 2. The third kappa shape index (κ3) is 3.57. The van der Waals surface area contributed by atoms with E-state index in [9.17, 15) is 5.11 Å². The van der Waals surface area contributed by atoms with Crippen molar-refractivity contribution < 1.29 is 5.11 Å². The molecule has 0 amide bonds. The predicted molar refractivity (Wildman–Crippen MR) is 77.3 cm³/mol. The number of rotatable bonds is 5. The van der Waals surface area contributed by atoms with Gasteiger partial charge in [-0.1, -0.05) is 6.92 Å². The van der Waals surface area contributed by atoms with Gasteiger partial charge in [0.05, 0.1) is 11.3 Å². The molecular formula is C15H27N3O. The summed E-state index contributed by atoms with van der Waals surface area (Å²) in [6.45, 7) is 10.4.